The summed E-state index contributed by atoms with van der Waals surface area (Å²) in [4.78, 5) is 13.3. The van der Waals surface area contributed by atoms with Crippen LogP contribution in [0.15, 0.2) is 15.5 Å². The Morgan fingerprint density at radius 1 is 1.73 bits per heavy atom. The zero-order valence-corrected chi connectivity index (χ0v) is 9.34. The average molecular weight is 276 g/mol. The van der Waals surface area contributed by atoms with E-state index in [2.05, 4.69) is 20.9 Å². The maximum Gasteiger partial charge on any atom is 0.235 e. The standard InChI is InChI=1S/C9H7BrFNO3/c1-15-9-5(3-12-4-13)6(10)2-7(11)8(9)14/h2,14H,3H2,1H3. The van der Waals surface area contributed by atoms with Crippen LogP contribution in [0.2, 0.25) is 0 Å². The van der Waals surface area contributed by atoms with Crippen molar-refractivity contribution >= 4 is 22.0 Å². The summed E-state index contributed by atoms with van der Waals surface area (Å²) in [7, 11) is 1.29. The number of methoxy groups -OCH3 is 1. The van der Waals surface area contributed by atoms with E-state index in [1.165, 1.54) is 13.2 Å². The number of aliphatic imine (C=N–C) groups is 1. The van der Waals surface area contributed by atoms with Crippen LogP contribution in [0, 0.1) is 5.82 Å². The number of halogens is 2. The van der Waals surface area contributed by atoms with Gasteiger partial charge in [-0.1, -0.05) is 15.9 Å². The number of nitrogens with zero attached hydrogens (tertiary/aromatic N) is 1. The molecule has 1 aromatic rings. The Bertz CT molecular complexity index is 430. The Hall–Kier alpha value is -1.39. The third-order valence-electron chi connectivity index (χ3n) is 1.76. The molecule has 1 aromatic carbocycles. The molecule has 0 aliphatic carbocycles. The van der Waals surface area contributed by atoms with Gasteiger partial charge in [0.25, 0.3) is 0 Å². The van der Waals surface area contributed by atoms with Crippen LogP contribution in [0.3, 0.4) is 0 Å². The Morgan fingerprint density at radius 3 is 2.93 bits per heavy atom. The molecular weight excluding hydrogens is 269 g/mol. The summed E-state index contributed by atoms with van der Waals surface area (Å²) in [5.74, 6) is -1.45. The normalized spacial score (nSPS) is 9.53. The molecule has 15 heavy (non-hydrogen) atoms. The lowest BCUT2D eigenvalue weighted by atomic mass is 10.2. The molecule has 0 aliphatic heterocycles. The second-order valence-corrected chi connectivity index (χ2v) is 3.46. The zero-order valence-electron chi connectivity index (χ0n) is 7.75. The van der Waals surface area contributed by atoms with Gasteiger partial charge < -0.3 is 9.84 Å². The highest BCUT2D eigenvalue weighted by Crippen LogP contribution is 2.38. The second-order valence-electron chi connectivity index (χ2n) is 2.61. The van der Waals surface area contributed by atoms with E-state index in [-0.39, 0.29) is 12.3 Å². The quantitative estimate of drug-likeness (QED) is 0.679. The van der Waals surface area contributed by atoms with Crippen LogP contribution in [-0.4, -0.2) is 18.3 Å². The van der Waals surface area contributed by atoms with Crippen LogP contribution in [0.4, 0.5) is 4.39 Å². The summed E-state index contributed by atoms with van der Waals surface area (Å²) >= 11 is 3.08. The molecule has 0 saturated heterocycles. The van der Waals surface area contributed by atoms with Crippen molar-refractivity contribution < 1.29 is 19.0 Å². The number of carbonyl (C=O) groups excluding carboxylic acids is 1. The summed E-state index contributed by atoms with van der Waals surface area (Å²) < 4.78 is 18.3. The summed E-state index contributed by atoms with van der Waals surface area (Å²) in [6.45, 7) is -0.0406. The molecule has 6 heteroatoms. The number of hydrogen-bond donors (Lipinski definition) is 1. The molecule has 0 spiro atoms. The number of ether oxygens (including phenoxy) is 1. The average Bonchev–Trinajstić information content (AvgIpc) is 2.21. The van der Waals surface area contributed by atoms with Gasteiger partial charge >= 0.3 is 0 Å². The Kier molecular flexibility index (Phi) is 3.82. The van der Waals surface area contributed by atoms with Crippen molar-refractivity contribution in [3.63, 3.8) is 0 Å². The van der Waals surface area contributed by atoms with Gasteiger partial charge in [0.05, 0.1) is 13.7 Å². The molecule has 0 unspecified atom stereocenters. The van der Waals surface area contributed by atoms with E-state index < -0.39 is 11.6 Å². The molecule has 80 valence electrons. The molecule has 0 atom stereocenters. The lowest BCUT2D eigenvalue weighted by Crippen LogP contribution is -1.95. The van der Waals surface area contributed by atoms with Crippen LogP contribution < -0.4 is 4.74 Å². The second kappa shape index (κ2) is 4.91. The predicted molar refractivity (Wildman–Crippen MR) is 54.1 cm³/mol. The van der Waals surface area contributed by atoms with E-state index in [0.717, 1.165) is 6.07 Å². The van der Waals surface area contributed by atoms with Crippen LogP contribution in [0.25, 0.3) is 0 Å². The zero-order chi connectivity index (χ0) is 11.4. The lowest BCUT2D eigenvalue weighted by Gasteiger charge is -2.10. The fraction of sp³-hybridized carbons (Fsp3) is 0.222. The minimum atomic E-state index is -0.808. The predicted octanol–water partition coefficient (Wildman–Crippen LogP) is 2.14. The van der Waals surface area contributed by atoms with Crippen LogP contribution in [0.5, 0.6) is 11.5 Å². The van der Waals surface area contributed by atoms with Gasteiger partial charge in [-0.15, -0.1) is 0 Å². The first kappa shape index (κ1) is 11.7. The Labute approximate surface area is 93.5 Å². The fourth-order valence-corrected chi connectivity index (χ4v) is 1.61. The van der Waals surface area contributed by atoms with Crippen molar-refractivity contribution in [1.82, 2.24) is 0 Å². The molecule has 0 radical (unpaired) electrons. The summed E-state index contributed by atoms with van der Waals surface area (Å²) in [6, 6.07) is 1.08. The monoisotopic (exact) mass is 275 g/mol. The van der Waals surface area contributed by atoms with Crippen LogP contribution >= 0.6 is 15.9 Å². The van der Waals surface area contributed by atoms with Crippen LogP contribution in [0.1, 0.15) is 5.56 Å². The maximum atomic E-state index is 13.1. The fourth-order valence-electron chi connectivity index (χ4n) is 1.11. The number of hydrogen-bond acceptors (Lipinski definition) is 4. The molecule has 0 saturated carbocycles. The first-order valence-corrected chi connectivity index (χ1v) is 4.68. The van der Waals surface area contributed by atoms with Crippen molar-refractivity contribution in [1.29, 1.82) is 0 Å². The van der Waals surface area contributed by atoms with E-state index in [9.17, 15) is 14.3 Å². The number of aromatic hydroxyl groups is 1. The summed E-state index contributed by atoms with van der Waals surface area (Å²) in [6.07, 6.45) is 1.35. The molecule has 0 heterocycles. The largest absolute Gasteiger partial charge is 0.502 e. The Balaban J connectivity index is 3.34. The molecule has 4 nitrogen and oxygen atoms in total. The van der Waals surface area contributed by atoms with Crippen molar-refractivity contribution in [2.75, 3.05) is 7.11 Å². The van der Waals surface area contributed by atoms with Gasteiger partial charge in [-0.2, -0.15) is 0 Å². The molecule has 0 bridgehead atoms. The smallest absolute Gasteiger partial charge is 0.235 e. The maximum absolute atomic E-state index is 13.1. The molecule has 1 N–H and O–H groups in total. The molecule has 0 amide bonds. The highest BCUT2D eigenvalue weighted by Gasteiger charge is 2.16. The van der Waals surface area contributed by atoms with Crippen molar-refractivity contribution in [2.45, 2.75) is 6.54 Å². The van der Waals surface area contributed by atoms with E-state index >= 15 is 0 Å². The first-order valence-electron chi connectivity index (χ1n) is 3.89. The number of phenolic OH excluding ortho intramolecular Hbond substituents is 1. The minimum absolute atomic E-state index is 0.0406. The first-order chi connectivity index (χ1) is 7.11. The molecule has 0 aromatic heterocycles. The van der Waals surface area contributed by atoms with E-state index in [4.69, 9.17) is 4.74 Å². The van der Waals surface area contributed by atoms with E-state index in [1.54, 1.807) is 0 Å². The molecular formula is C9H7BrFNO3. The SMILES string of the molecule is COc1c(O)c(F)cc(Br)c1CN=C=O. The highest BCUT2D eigenvalue weighted by molar-refractivity contribution is 9.10. The van der Waals surface area contributed by atoms with Gasteiger partial charge in [0.15, 0.2) is 17.3 Å². The minimum Gasteiger partial charge on any atom is -0.502 e. The van der Waals surface area contributed by atoms with Gasteiger partial charge in [0.2, 0.25) is 6.08 Å². The Morgan fingerprint density at radius 2 is 2.40 bits per heavy atom. The number of rotatable bonds is 3. The number of benzene rings is 1. The number of phenols is 1. The van der Waals surface area contributed by atoms with Crippen molar-refractivity contribution in [3.05, 3.63) is 21.9 Å². The molecule has 1 rings (SSSR count). The highest BCUT2D eigenvalue weighted by atomic mass is 79.9. The van der Waals surface area contributed by atoms with Crippen molar-refractivity contribution in [2.24, 2.45) is 4.99 Å². The van der Waals surface area contributed by atoms with Crippen LogP contribution in [-0.2, 0) is 11.3 Å². The summed E-state index contributed by atoms with van der Waals surface area (Å²) in [5.41, 5.74) is 0.389. The van der Waals surface area contributed by atoms with Gasteiger partial charge in [0, 0.05) is 10.0 Å². The molecule has 0 aliphatic rings. The molecule has 0 fully saturated rings. The lowest BCUT2D eigenvalue weighted by molar-refractivity contribution is 0.353. The van der Waals surface area contributed by atoms with Gasteiger partial charge in [-0.3, -0.25) is 0 Å². The van der Waals surface area contributed by atoms with Crippen molar-refractivity contribution in [3.8, 4) is 11.5 Å². The van der Waals surface area contributed by atoms with Gasteiger partial charge in [0.1, 0.15) is 0 Å². The third-order valence-corrected chi connectivity index (χ3v) is 2.47. The topological polar surface area (TPSA) is 58.9 Å². The van der Waals surface area contributed by atoms with Gasteiger partial charge in [-0.25, -0.2) is 14.2 Å². The number of isocyanates is 1. The third kappa shape index (κ3) is 2.34. The van der Waals surface area contributed by atoms with E-state index in [0.29, 0.717) is 10.0 Å². The van der Waals surface area contributed by atoms with Gasteiger partial charge in [-0.05, 0) is 6.07 Å². The van der Waals surface area contributed by atoms with E-state index in [1.807, 2.05) is 0 Å². The summed E-state index contributed by atoms with van der Waals surface area (Å²) in [5, 5.41) is 9.34.